The summed E-state index contributed by atoms with van der Waals surface area (Å²) in [4.78, 5) is 33.4. The van der Waals surface area contributed by atoms with Gasteiger partial charge in [-0.15, -0.1) is 0 Å². The number of esters is 2. The summed E-state index contributed by atoms with van der Waals surface area (Å²) in [6, 6.07) is -1.10. The molecule has 0 bridgehead atoms. The van der Waals surface area contributed by atoms with Crippen LogP contribution in [0.25, 0.3) is 0 Å². The molecular weight excluding hydrogens is 385 g/mol. The van der Waals surface area contributed by atoms with Crippen molar-refractivity contribution in [2.75, 3.05) is 0 Å². The molecule has 2 N–H and O–H groups in total. The third-order valence-electron chi connectivity index (χ3n) is 4.66. The number of hydrogen-bond donors (Lipinski definition) is 1. The van der Waals surface area contributed by atoms with Crippen LogP contribution in [0.2, 0.25) is 0 Å². The second kappa shape index (κ2) is 21.9. The molecule has 0 fully saturated rings. The summed E-state index contributed by atoms with van der Waals surface area (Å²) in [7, 11) is 0. The number of rotatable bonds is 18. The van der Waals surface area contributed by atoms with E-state index < -0.39 is 23.9 Å². The molecule has 0 aliphatic carbocycles. The van der Waals surface area contributed by atoms with E-state index in [1.54, 1.807) is 0 Å². The van der Waals surface area contributed by atoms with Gasteiger partial charge in [-0.1, -0.05) is 84.0 Å². The Kier molecular flexibility index (Phi) is 23.8. The molecule has 0 saturated heterocycles. The largest absolute Gasteiger partial charge is 1.00 e. The van der Waals surface area contributed by atoms with Gasteiger partial charge in [0.2, 0.25) is 0 Å². The van der Waals surface area contributed by atoms with E-state index in [2.05, 4.69) is 11.7 Å². The Morgan fingerprint density at radius 3 is 1.64 bits per heavy atom. The molecule has 0 aromatic heterocycles. The first-order chi connectivity index (χ1) is 13.0. The minimum atomic E-state index is -1.28. The van der Waals surface area contributed by atoms with E-state index in [1.165, 1.54) is 64.2 Å². The second-order valence-electron chi connectivity index (χ2n) is 7.30. The van der Waals surface area contributed by atoms with Gasteiger partial charge >= 0.3 is 63.3 Å². The molecule has 0 unspecified atom stereocenters. The van der Waals surface area contributed by atoms with E-state index >= 15 is 0 Å². The zero-order valence-electron chi connectivity index (χ0n) is 18.0. The number of hydrogen-bond acceptors (Lipinski definition) is 6. The molecule has 0 aliphatic rings. The van der Waals surface area contributed by atoms with Crippen LogP contribution in [0.1, 0.15) is 110 Å². The summed E-state index contributed by atoms with van der Waals surface area (Å²) in [5, 5.41) is 10.3. The maximum Gasteiger partial charge on any atom is 1.00 e. The zero-order valence-corrected chi connectivity index (χ0v) is 21.1. The van der Waals surface area contributed by atoms with Gasteiger partial charge in [-0.3, -0.25) is 4.79 Å². The number of nitrogens with two attached hydrogens (primary N) is 1. The van der Waals surface area contributed by atoms with Gasteiger partial charge in [0.15, 0.2) is 0 Å². The van der Waals surface area contributed by atoms with Crippen molar-refractivity contribution in [2.24, 2.45) is 5.73 Å². The summed E-state index contributed by atoms with van der Waals surface area (Å²) in [6.07, 6.45) is 15.6. The van der Waals surface area contributed by atoms with Gasteiger partial charge in [-0.05, 0) is 19.3 Å². The smallest absolute Gasteiger partial charge is 0.550 e. The van der Waals surface area contributed by atoms with Gasteiger partial charge < -0.3 is 20.4 Å². The van der Waals surface area contributed by atoms with Crippen molar-refractivity contribution in [1.82, 2.24) is 0 Å². The standard InChI is InChI=1S/C21H39NO5.K/c1-2-3-4-5-6-7-8-9-10-11-12-13-14-15-20(25)27-21(26)18(22)16-17-19(23)24;/h18H,2-17,22H2,1H3,(H,23,24);/q;+1/p-1/t18-;/m0./s1. The molecule has 0 aliphatic heterocycles. The van der Waals surface area contributed by atoms with Crippen molar-refractivity contribution in [1.29, 1.82) is 0 Å². The van der Waals surface area contributed by atoms with E-state index in [4.69, 9.17) is 5.73 Å². The predicted octanol–water partition coefficient (Wildman–Crippen LogP) is 0.399. The quantitative estimate of drug-likeness (QED) is 0.148. The van der Waals surface area contributed by atoms with Crippen molar-refractivity contribution in [3.05, 3.63) is 0 Å². The first-order valence-electron chi connectivity index (χ1n) is 10.7. The monoisotopic (exact) mass is 423 g/mol. The van der Waals surface area contributed by atoms with Gasteiger partial charge in [0.1, 0.15) is 6.04 Å². The molecule has 28 heavy (non-hydrogen) atoms. The summed E-state index contributed by atoms with van der Waals surface area (Å²) in [6.45, 7) is 2.24. The normalized spacial score (nSPS) is 11.5. The number of carbonyl (C=O) groups excluding carboxylic acids is 3. The van der Waals surface area contributed by atoms with E-state index in [9.17, 15) is 19.5 Å². The topological polar surface area (TPSA) is 110 Å². The predicted molar refractivity (Wildman–Crippen MR) is 104 cm³/mol. The number of aliphatic carboxylic acids is 1. The number of unbranched alkanes of at least 4 members (excludes halogenated alkanes) is 12. The van der Waals surface area contributed by atoms with Crippen LogP contribution in [0, 0.1) is 0 Å². The summed E-state index contributed by atoms with van der Waals surface area (Å²) >= 11 is 0. The van der Waals surface area contributed by atoms with Gasteiger partial charge in [-0.2, -0.15) is 0 Å². The van der Waals surface area contributed by atoms with E-state index in [0.717, 1.165) is 12.8 Å². The number of carbonyl (C=O) groups is 3. The SMILES string of the molecule is CCCCCCCCCCCCCCCC(=O)OC(=O)[C@@H](N)CCC(=O)[O-].[K+]. The van der Waals surface area contributed by atoms with Crippen LogP contribution < -0.4 is 62.2 Å². The molecule has 7 heteroatoms. The summed E-state index contributed by atoms with van der Waals surface area (Å²) in [5.74, 6) is -2.74. The molecule has 6 nitrogen and oxygen atoms in total. The van der Waals surface area contributed by atoms with Crippen LogP contribution in [-0.4, -0.2) is 23.9 Å². The molecule has 0 saturated carbocycles. The minimum absolute atomic E-state index is 0. The van der Waals surface area contributed by atoms with Crippen LogP contribution in [0.5, 0.6) is 0 Å². The first kappa shape index (κ1) is 30.4. The molecule has 0 heterocycles. The van der Waals surface area contributed by atoms with Gasteiger partial charge in [0.05, 0.1) is 0 Å². The van der Waals surface area contributed by atoms with Gasteiger partial charge in [0.25, 0.3) is 0 Å². The fourth-order valence-corrected chi connectivity index (χ4v) is 2.92. The van der Waals surface area contributed by atoms with Gasteiger partial charge in [0, 0.05) is 12.4 Å². The van der Waals surface area contributed by atoms with Crippen LogP contribution in [-0.2, 0) is 19.1 Å². The van der Waals surface area contributed by atoms with E-state index in [1.807, 2.05) is 0 Å². The number of ether oxygens (including phenoxy) is 1. The van der Waals surface area contributed by atoms with Crippen molar-refractivity contribution in [3.8, 4) is 0 Å². The zero-order chi connectivity index (χ0) is 20.3. The maximum atomic E-state index is 11.6. The Hall–Kier alpha value is 0.206. The fourth-order valence-electron chi connectivity index (χ4n) is 2.92. The third-order valence-corrected chi connectivity index (χ3v) is 4.66. The molecule has 0 aromatic carbocycles. The minimum Gasteiger partial charge on any atom is -0.550 e. The van der Waals surface area contributed by atoms with Crippen LogP contribution in [0.15, 0.2) is 0 Å². The van der Waals surface area contributed by atoms with Gasteiger partial charge in [-0.25, -0.2) is 4.79 Å². The van der Waals surface area contributed by atoms with E-state index in [-0.39, 0.29) is 70.6 Å². The Morgan fingerprint density at radius 1 is 0.786 bits per heavy atom. The van der Waals surface area contributed by atoms with E-state index in [0.29, 0.717) is 6.42 Å². The van der Waals surface area contributed by atoms with Crippen LogP contribution in [0.4, 0.5) is 0 Å². The Labute approximate surface area is 213 Å². The average molecular weight is 424 g/mol. The molecule has 0 amide bonds. The van der Waals surface area contributed by atoms with Crippen molar-refractivity contribution in [3.63, 3.8) is 0 Å². The van der Waals surface area contributed by atoms with Crippen LogP contribution >= 0.6 is 0 Å². The first-order valence-corrected chi connectivity index (χ1v) is 10.7. The molecule has 0 spiro atoms. The third kappa shape index (κ3) is 20.9. The Bertz CT molecular complexity index is 418. The average Bonchev–Trinajstić information content (AvgIpc) is 2.63. The number of carboxylic acids is 1. The molecule has 1 atom stereocenters. The van der Waals surface area contributed by atoms with Crippen LogP contribution in [0.3, 0.4) is 0 Å². The molecule has 0 aromatic rings. The van der Waals surface area contributed by atoms with Crippen molar-refractivity contribution < 1.29 is 75.6 Å². The molecular formula is C21H38KNO5. The molecule has 0 rings (SSSR count). The Morgan fingerprint density at radius 2 is 1.21 bits per heavy atom. The molecule has 0 radical (unpaired) electrons. The number of carboxylic acid groups (broad SMARTS) is 1. The molecule has 158 valence electrons. The summed E-state index contributed by atoms with van der Waals surface area (Å²) in [5.41, 5.74) is 5.47. The van der Waals surface area contributed by atoms with Crippen molar-refractivity contribution in [2.45, 2.75) is 116 Å². The second-order valence-corrected chi connectivity index (χ2v) is 7.30. The van der Waals surface area contributed by atoms with Crippen molar-refractivity contribution >= 4 is 17.9 Å². The summed E-state index contributed by atoms with van der Waals surface area (Å²) < 4.78 is 4.64. The Balaban J connectivity index is 0. The fraction of sp³-hybridized carbons (Fsp3) is 0.857. The maximum absolute atomic E-state index is 11.6.